The van der Waals surface area contributed by atoms with Crippen molar-refractivity contribution in [2.45, 2.75) is 31.1 Å². The number of carbonyl (C=O) groups excluding carboxylic acids is 1. The Kier molecular flexibility index (Phi) is 1.40. The van der Waals surface area contributed by atoms with Crippen molar-refractivity contribution in [2.24, 2.45) is 0 Å². The summed E-state index contributed by atoms with van der Waals surface area (Å²) in [5.41, 5.74) is 0. The number of fused-ring (bicyclic) bond motifs is 1. The Bertz CT molecular complexity index is 194. The smallest absolute Gasteiger partial charge is 0.254 e. The van der Waals surface area contributed by atoms with Crippen molar-refractivity contribution in [3.63, 3.8) is 0 Å². The number of rotatable bonds is 0. The molecule has 4 nitrogen and oxygen atoms in total. The first-order chi connectivity index (χ1) is 5.22. The first-order valence-corrected chi connectivity index (χ1v) is 3.88. The molecular formula is C7H11NO3. The van der Waals surface area contributed by atoms with E-state index in [9.17, 15) is 9.90 Å². The summed E-state index contributed by atoms with van der Waals surface area (Å²) < 4.78 is 0. The lowest BCUT2D eigenvalue weighted by Gasteiger charge is -2.15. The average molecular weight is 157 g/mol. The molecule has 0 aliphatic carbocycles. The Morgan fingerprint density at radius 3 is 2.82 bits per heavy atom. The molecule has 2 aliphatic heterocycles. The van der Waals surface area contributed by atoms with Crippen LogP contribution in [0.5, 0.6) is 0 Å². The summed E-state index contributed by atoms with van der Waals surface area (Å²) in [5, 5.41) is 18.5. The molecule has 2 heterocycles. The molecule has 0 unspecified atom stereocenters. The molecule has 1 amide bonds. The number of aliphatic hydroxyl groups is 2. The lowest BCUT2D eigenvalue weighted by molar-refractivity contribution is -0.135. The zero-order chi connectivity index (χ0) is 8.01. The summed E-state index contributed by atoms with van der Waals surface area (Å²) in [6.45, 7) is 0.692. The monoisotopic (exact) mass is 157 g/mol. The second-order valence-electron chi connectivity index (χ2n) is 3.18. The summed E-state index contributed by atoms with van der Waals surface area (Å²) in [6.07, 6.45) is -0.255. The fourth-order valence-electron chi connectivity index (χ4n) is 1.95. The van der Waals surface area contributed by atoms with Crippen molar-refractivity contribution in [2.75, 3.05) is 6.54 Å². The van der Waals surface area contributed by atoms with E-state index in [2.05, 4.69) is 0 Å². The van der Waals surface area contributed by atoms with E-state index < -0.39 is 12.2 Å². The maximum Gasteiger partial charge on any atom is 0.254 e. The zero-order valence-electron chi connectivity index (χ0n) is 6.10. The Balaban J connectivity index is 2.23. The fraction of sp³-hybridized carbons (Fsp3) is 0.857. The SMILES string of the molecule is O=C1[C@H](O)[C@H](O)[C@@H]2CCCN12. The van der Waals surface area contributed by atoms with Gasteiger partial charge in [-0.1, -0.05) is 0 Å². The molecule has 11 heavy (non-hydrogen) atoms. The Labute approximate surface area is 64.4 Å². The molecule has 4 heteroatoms. The minimum atomic E-state index is -1.17. The average Bonchev–Trinajstić information content (AvgIpc) is 2.53. The van der Waals surface area contributed by atoms with E-state index in [0.717, 1.165) is 12.8 Å². The van der Waals surface area contributed by atoms with Gasteiger partial charge in [-0.25, -0.2) is 0 Å². The van der Waals surface area contributed by atoms with Gasteiger partial charge in [-0.3, -0.25) is 4.79 Å². The van der Waals surface area contributed by atoms with Crippen molar-refractivity contribution >= 4 is 5.91 Å². The van der Waals surface area contributed by atoms with Gasteiger partial charge in [-0.15, -0.1) is 0 Å². The van der Waals surface area contributed by atoms with E-state index in [-0.39, 0.29) is 11.9 Å². The first kappa shape index (κ1) is 7.06. The maximum absolute atomic E-state index is 11.1. The van der Waals surface area contributed by atoms with Crippen molar-refractivity contribution in [1.29, 1.82) is 0 Å². The summed E-state index contributed by atoms with van der Waals surface area (Å²) in [7, 11) is 0. The van der Waals surface area contributed by atoms with Gasteiger partial charge >= 0.3 is 0 Å². The van der Waals surface area contributed by atoms with Crippen LogP contribution in [0.15, 0.2) is 0 Å². The quantitative estimate of drug-likeness (QED) is 0.460. The van der Waals surface area contributed by atoms with Gasteiger partial charge in [0.1, 0.15) is 6.10 Å². The second kappa shape index (κ2) is 2.19. The van der Waals surface area contributed by atoms with Crippen LogP contribution in [0.1, 0.15) is 12.8 Å². The van der Waals surface area contributed by atoms with Gasteiger partial charge in [0.25, 0.3) is 5.91 Å². The number of hydrogen-bond acceptors (Lipinski definition) is 3. The van der Waals surface area contributed by atoms with Crippen LogP contribution in [-0.4, -0.2) is 45.8 Å². The van der Waals surface area contributed by atoms with E-state index in [0.29, 0.717) is 6.54 Å². The maximum atomic E-state index is 11.1. The standard InChI is InChI=1S/C7H11NO3/c9-5-4-2-1-3-8(4)7(11)6(5)10/h4-6,9-10H,1-3H2/t4-,5+,6+/m0/s1. The molecule has 0 aromatic rings. The van der Waals surface area contributed by atoms with Gasteiger partial charge in [0, 0.05) is 6.54 Å². The number of hydrogen-bond donors (Lipinski definition) is 2. The number of aliphatic hydroxyl groups excluding tert-OH is 2. The first-order valence-electron chi connectivity index (χ1n) is 3.88. The van der Waals surface area contributed by atoms with E-state index in [4.69, 9.17) is 5.11 Å². The van der Waals surface area contributed by atoms with Gasteiger partial charge in [0.15, 0.2) is 6.10 Å². The lowest BCUT2D eigenvalue weighted by atomic mass is 10.1. The molecule has 0 saturated carbocycles. The van der Waals surface area contributed by atoms with Gasteiger partial charge in [-0.2, -0.15) is 0 Å². The summed E-state index contributed by atoms with van der Waals surface area (Å²) in [4.78, 5) is 12.7. The Morgan fingerprint density at radius 2 is 2.18 bits per heavy atom. The van der Waals surface area contributed by atoms with Crippen molar-refractivity contribution in [1.82, 2.24) is 4.90 Å². The van der Waals surface area contributed by atoms with E-state index in [1.807, 2.05) is 0 Å². The third kappa shape index (κ3) is 0.795. The third-order valence-corrected chi connectivity index (χ3v) is 2.55. The van der Waals surface area contributed by atoms with Gasteiger partial charge < -0.3 is 15.1 Å². The number of amides is 1. The molecule has 2 rings (SSSR count). The molecule has 0 aromatic heterocycles. The summed E-state index contributed by atoms with van der Waals surface area (Å²) >= 11 is 0. The van der Waals surface area contributed by atoms with Crippen LogP contribution in [0.4, 0.5) is 0 Å². The molecule has 0 spiro atoms. The highest BCUT2D eigenvalue weighted by molar-refractivity contribution is 5.84. The van der Waals surface area contributed by atoms with Crippen LogP contribution in [0.2, 0.25) is 0 Å². The molecule has 2 aliphatic rings. The van der Waals surface area contributed by atoms with Crippen molar-refractivity contribution < 1.29 is 15.0 Å². The highest BCUT2D eigenvalue weighted by atomic mass is 16.3. The van der Waals surface area contributed by atoms with Crippen molar-refractivity contribution in [3.05, 3.63) is 0 Å². The molecular weight excluding hydrogens is 146 g/mol. The molecule has 0 radical (unpaired) electrons. The second-order valence-corrected chi connectivity index (χ2v) is 3.18. The predicted molar refractivity (Wildman–Crippen MR) is 36.7 cm³/mol. The van der Waals surface area contributed by atoms with Crippen molar-refractivity contribution in [3.8, 4) is 0 Å². The van der Waals surface area contributed by atoms with E-state index in [1.54, 1.807) is 4.90 Å². The lowest BCUT2D eigenvalue weighted by Crippen LogP contribution is -2.30. The predicted octanol–water partition coefficient (Wildman–Crippen LogP) is -1.29. The number of nitrogens with zero attached hydrogens (tertiary/aromatic N) is 1. The molecule has 0 aromatic carbocycles. The largest absolute Gasteiger partial charge is 0.388 e. The van der Waals surface area contributed by atoms with Crippen LogP contribution in [0.3, 0.4) is 0 Å². The minimum absolute atomic E-state index is 0.113. The van der Waals surface area contributed by atoms with Crippen LogP contribution in [-0.2, 0) is 4.79 Å². The zero-order valence-corrected chi connectivity index (χ0v) is 6.10. The van der Waals surface area contributed by atoms with Gasteiger partial charge in [-0.05, 0) is 12.8 Å². The number of carbonyl (C=O) groups is 1. The van der Waals surface area contributed by atoms with Gasteiger partial charge in [0.05, 0.1) is 6.04 Å². The van der Waals surface area contributed by atoms with Gasteiger partial charge in [0.2, 0.25) is 0 Å². The third-order valence-electron chi connectivity index (χ3n) is 2.55. The molecule has 62 valence electrons. The van der Waals surface area contributed by atoms with Crippen LogP contribution in [0.25, 0.3) is 0 Å². The van der Waals surface area contributed by atoms with Crippen LogP contribution in [0, 0.1) is 0 Å². The summed E-state index contributed by atoms with van der Waals surface area (Å²) in [6, 6.07) is -0.113. The highest BCUT2D eigenvalue weighted by Crippen LogP contribution is 2.28. The topological polar surface area (TPSA) is 60.8 Å². The Morgan fingerprint density at radius 1 is 1.45 bits per heavy atom. The Hall–Kier alpha value is -0.610. The highest BCUT2D eigenvalue weighted by Gasteiger charge is 2.48. The normalized spacial score (nSPS) is 43.3. The molecule has 3 atom stereocenters. The van der Waals surface area contributed by atoms with E-state index >= 15 is 0 Å². The van der Waals surface area contributed by atoms with Crippen LogP contribution >= 0.6 is 0 Å². The molecule has 2 N–H and O–H groups in total. The fourth-order valence-corrected chi connectivity index (χ4v) is 1.95. The molecule has 0 bridgehead atoms. The summed E-state index contributed by atoms with van der Waals surface area (Å²) in [5.74, 6) is -0.306. The van der Waals surface area contributed by atoms with E-state index in [1.165, 1.54) is 0 Å². The van der Waals surface area contributed by atoms with Crippen LogP contribution < -0.4 is 0 Å². The molecule has 2 saturated heterocycles. The molecule has 2 fully saturated rings. The minimum Gasteiger partial charge on any atom is -0.388 e.